The van der Waals surface area contributed by atoms with Gasteiger partial charge in [0.2, 0.25) is 11.8 Å². The molecule has 3 rings (SSSR count). The number of hydrogen-bond acceptors (Lipinski definition) is 2. The molecule has 0 spiro atoms. The van der Waals surface area contributed by atoms with Crippen LogP contribution in [0.1, 0.15) is 22.3 Å². The standard InChI is InChI=1S/C22H20N2O2/c23-22(26)18-10-6-9-17(15-18)19-11-4-5-12-20(19)24-21(25)14-13-16-7-2-1-3-8-16/h1-12,15H,13-14H2,(H2,23,26)(H,24,25). The molecule has 0 radical (unpaired) electrons. The van der Waals surface area contributed by atoms with Gasteiger partial charge in [0.25, 0.3) is 0 Å². The summed E-state index contributed by atoms with van der Waals surface area (Å²) < 4.78 is 0. The van der Waals surface area contributed by atoms with Crippen LogP contribution in [0, 0.1) is 0 Å². The largest absolute Gasteiger partial charge is 0.366 e. The summed E-state index contributed by atoms with van der Waals surface area (Å²) in [5, 5.41) is 2.97. The fraction of sp³-hybridized carbons (Fsp3) is 0.0909. The van der Waals surface area contributed by atoms with Crippen LogP contribution in [0.2, 0.25) is 0 Å². The Morgan fingerprint density at radius 2 is 1.58 bits per heavy atom. The van der Waals surface area contributed by atoms with Gasteiger partial charge in [-0.15, -0.1) is 0 Å². The molecule has 130 valence electrons. The second kappa shape index (κ2) is 8.12. The van der Waals surface area contributed by atoms with Gasteiger partial charge < -0.3 is 11.1 Å². The number of para-hydroxylation sites is 1. The summed E-state index contributed by atoms with van der Waals surface area (Å²) in [6.45, 7) is 0. The van der Waals surface area contributed by atoms with E-state index in [1.807, 2.05) is 60.7 Å². The number of amides is 2. The molecular formula is C22H20N2O2. The summed E-state index contributed by atoms with van der Waals surface area (Å²) in [5.41, 5.74) is 9.33. The predicted molar refractivity (Wildman–Crippen MR) is 104 cm³/mol. The normalized spacial score (nSPS) is 10.3. The number of hydrogen-bond donors (Lipinski definition) is 2. The summed E-state index contributed by atoms with van der Waals surface area (Å²) in [7, 11) is 0. The van der Waals surface area contributed by atoms with Gasteiger partial charge in [-0.25, -0.2) is 0 Å². The Morgan fingerprint density at radius 1 is 0.846 bits per heavy atom. The van der Waals surface area contributed by atoms with Crippen LogP contribution in [0.15, 0.2) is 78.9 Å². The summed E-state index contributed by atoms with van der Waals surface area (Å²) >= 11 is 0. The minimum Gasteiger partial charge on any atom is -0.366 e. The highest BCUT2D eigenvalue weighted by atomic mass is 16.1. The van der Waals surface area contributed by atoms with Gasteiger partial charge in [-0.1, -0.05) is 60.7 Å². The van der Waals surface area contributed by atoms with Crippen molar-refractivity contribution >= 4 is 17.5 Å². The number of carbonyl (C=O) groups excluding carboxylic acids is 2. The van der Waals surface area contributed by atoms with Gasteiger partial charge in [-0.3, -0.25) is 9.59 Å². The molecule has 3 N–H and O–H groups in total. The van der Waals surface area contributed by atoms with E-state index < -0.39 is 5.91 Å². The Morgan fingerprint density at radius 3 is 2.35 bits per heavy atom. The van der Waals surface area contributed by atoms with Crippen LogP contribution in [0.4, 0.5) is 5.69 Å². The van der Waals surface area contributed by atoms with Gasteiger partial charge >= 0.3 is 0 Å². The number of nitrogens with two attached hydrogens (primary N) is 1. The van der Waals surface area contributed by atoms with Crippen molar-refractivity contribution in [1.29, 1.82) is 0 Å². The van der Waals surface area contributed by atoms with Crippen LogP contribution in [0.5, 0.6) is 0 Å². The second-order valence-electron chi connectivity index (χ2n) is 6.02. The van der Waals surface area contributed by atoms with E-state index in [-0.39, 0.29) is 5.91 Å². The average molecular weight is 344 g/mol. The lowest BCUT2D eigenvalue weighted by Gasteiger charge is -2.12. The lowest BCUT2D eigenvalue weighted by molar-refractivity contribution is -0.116. The van der Waals surface area contributed by atoms with E-state index in [1.165, 1.54) is 0 Å². The van der Waals surface area contributed by atoms with E-state index in [9.17, 15) is 9.59 Å². The van der Waals surface area contributed by atoms with E-state index in [2.05, 4.69) is 5.32 Å². The third-order valence-electron chi connectivity index (χ3n) is 4.14. The molecule has 3 aromatic rings. The third kappa shape index (κ3) is 4.36. The molecule has 4 heteroatoms. The molecule has 0 fully saturated rings. The molecule has 0 saturated carbocycles. The fourth-order valence-corrected chi connectivity index (χ4v) is 2.80. The SMILES string of the molecule is NC(=O)c1cccc(-c2ccccc2NC(=O)CCc2ccccc2)c1. The number of benzene rings is 3. The Hall–Kier alpha value is -3.40. The Balaban J connectivity index is 1.76. The highest BCUT2D eigenvalue weighted by Gasteiger charge is 2.10. The van der Waals surface area contributed by atoms with Gasteiger partial charge in [0.05, 0.1) is 0 Å². The van der Waals surface area contributed by atoms with Crippen molar-refractivity contribution in [2.75, 3.05) is 5.32 Å². The highest BCUT2D eigenvalue weighted by molar-refractivity contribution is 5.97. The smallest absolute Gasteiger partial charge is 0.248 e. The molecule has 3 aromatic carbocycles. The molecule has 0 aliphatic carbocycles. The van der Waals surface area contributed by atoms with Gasteiger partial charge in [0.15, 0.2) is 0 Å². The minimum absolute atomic E-state index is 0.0487. The van der Waals surface area contributed by atoms with Crippen molar-refractivity contribution in [3.63, 3.8) is 0 Å². The van der Waals surface area contributed by atoms with Gasteiger partial charge in [-0.05, 0) is 35.7 Å². The van der Waals surface area contributed by atoms with Crippen molar-refractivity contribution in [2.24, 2.45) is 5.73 Å². The first-order chi connectivity index (χ1) is 12.6. The molecule has 0 aliphatic heterocycles. The number of anilines is 1. The maximum Gasteiger partial charge on any atom is 0.248 e. The number of primary amides is 1. The van der Waals surface area contributed by atoms with Gasteiger partial charge in [-0.2, -0.15) is 0 Å². The fourth-order valence-electron chi connectivity index (χ4n) is 2.80. The lowest BCUT2D eigenvalue weighted by atomic mass is 10.0. The third-order valence-corrected chi connectivity index (χ3v) is 4.14. The molecular weight excluding hydrogens is 324 g/mol. The number of nitrogens with one attached hydrogen (secondary N) is 1. The van der Waals surface area contributed by atoms with E-state index >= 15 is 0 Å². The Kier molecular flexibility index (Phi) is 5.44. The zero-order valence-corrected chi connectivity index (χ0v) is 14.3. The topological polar surface area (TPSA) is 72.2 Å². The molecule has 0 atom stereocenters. The molecule has 0 heterocycles. The lowest BCUT2D eigenvalue weighted by Crippen LogP contribution is -2.13. The van der Waals surface area contributed by atoms with E-state index in [4.69, 9.17) is 5.73 Å². The summed E-state index contributed by atoms with van der Waals surface area (Å²) in [5.74, 6) is -0.524. The molecule has 0 unspecified atom stereocenters. The number of aryl methyl sites for hydroxylation is 1. The van der Waals surface area contributed by atoms with E-state index in [1.54, 1.807) is 18.2 Å². The molecule has 0 saturated heterocycles. The van der Waals surface area contributed by atoms with E-state index in [0.717, 1.165) is 16.7 Å². The minimum atomic E-state index is -0.476. The summed E-state index contributed by atoms with van der Waals surface area (Å²) in [6, 6.07) is 24.5. The summed E-state index contributed by atoms with van der Waals surface area (Å²) in [4.78, 5) is 23.8. The highest BCUT2D eigenvalue weighted by Crippen LogP contribution is 2.28. The zero-order chi connectivity index (χ0) is 18.4. The second-order valence-corrected chi connectivity index (χ2v) is 6.02. The number of rotatable bonds is 6. The molecule has 0 bridgehead atoms. The van der Waals surface area contributed by atoms with Crippen LogP contribution in [-0.4, -0.2) is 11.8 Å². The van der Waals surface area contributed by atoms with Crippen molar-refractivity contribution in [3.8, 4) is 11.1 Å². The molecule has 4 nitrogen and oxygen atoms in total. The van der Waals surface area contributed by atoms with Crippen molar-refractivity contribution < 1.29 is 9.59 Å². The summed E-state index contributed by atoms with van der Waals surface area (Å²) in [6.07, 6.45) is 1.09. The quantitative estimate of drug-likeness (QED) is 0.709. The average Bonchev–Trinajstić information content (AvgIpc) is 2.68. The monoisotopic (exact) mass is 344 g/mol. The molecule has 26 heavy (non-hydrogen) atoms. The first kappa shape index (κ1) is 17.4. The van der Waals surface area contributed by atoms with Crippen LogP contribution in [0.25, 0.3) is 11.1 Å². The van der Waals surface area contributed by atoms with E-state index in [0.29, 0.717) is 24.1 Å². The van der Waals surface area contributed by atoms with Crippen LogP contribution in [-0.2, 0) is 11.2 Å². The van der Waals surface area contributed by atoms with Crippen LogP contribution >= 0.6 is 0 Å². The predicted octanol–water partition coefficient (Wildman–Crippen LogP) is 4.02. The van der Waals surface area contributed by atoms with Crippen molar-refractivity contribution in [3.05, 3.63) is 90.0 Å². The first-order valence-electron chi connectivity index (χ1n) is 8.46. The van der Waals surface area contributed by atoms with Crippen molar-refractivity contribution in [2.45, 2.75) is 12.8 Å². The maximum absolute atomic E-state index is 12.4. The Bertz CT molecular complexity index is 920. The van der Waals surface area contributed by atoms with Gasteiger partial charge in [0.1, 0.15) is 0 Å². The molecule has 0 aromatic heterocycles. The van der Waals surface area contributed by atoms with Crippen molar-refractivity contribution in [1.82, 2.24) is 0 Å². The maximum atomic E-state index is 12.4. The number of carbonyl (C=O) groups is 2. The van der Waals surface area contributed by atoms with Gasteiger partial charge in [0, 0.05) is 23.2 Å². The molecule has 2 amide bonds. The van der Waals surface area contributed by atoms with Crippen LogP contribution < -0.4 is 11.1 Å². The Labute approximate surface area is 152 Å². The molecule has 0 aliphatic rings. The zero-order valence-electron chi connectivity index (χ0n) is 14.3. The first-order valence-corrected chi connectivity index (χ1v) is 8.46. The van der Waals surface area contributed by atoms with Crippen LogP contribution in [0.3, 0.4) is 0 Å².